The number of carbonyl (C=O) groups excluding carboxylic acids is 1. The number of nitrogens with zero attached hydrogens (tertiary/aromatic N) is 2. The van der Waals surface area contributed by atoms with Crippen LogP contribution in [0.15, 0.2) is 22.9 Å². The Balaban J connectivity index is 1.39. The van der Waals surface area contributed by atoms with Crippen LogP contribution < -0.4 is 10.1 Å². The summed E-state index contributed by atoms with van der Waals surface area (Å²) in [4.78, 5) is 16.3. The largest absolute Gasteiger partial charge is 0.473 e. The Hall–Kier alpha value is -2.37. The van der Waals surface area contributed by atoms with Gasteiger partial charge in [0.05, 0.1) is 16.8 Å². The van der Waals surface area contributed by atoms with Crippen molar-refractivity contribution in [3.8, 4) is 5.88 Å². The fourth-order valence-electron chi connectivity index (χ4n) is 3.52. The molecular weight excluding hydrogens is 330 g/mol. The summed E-state index contributed by atoms with van der Waals surface area (Å²) < 4.78 is 11.3. The SMILES string of the molecule is Cc1onc(C2CCCCC2)c1COc1ccc(C(=O)NC2CC2)cn1. The number of carbonyl (C=O) groups is 1. The van der Waals surface area contributed by atoms with E-state index in [0.717, 1.165) is 29.9 Å². The van der Waals surface area contributed by atoms with Crippen molar-refractivity contribution < 1.29 is 14.1 Å². The number of aromatic nitrogens is 2. The first-order chi connectivity index (χ1) is 12.7. The minimum Gasteiger partial charge on any atom is -0.473 e. The lowest BCUT2D eigenvalue weighted by Gasteiger charge is -2.20. The molecule has 2 aliphatic carbocycles. The number of hydrogen-bond acceptors (Lipinski definition) is 5. The lowest BCUT2D eigenvalue weighted by Crippen LogP contribution is -2.25. The van der Waals surface area contributed by atoms with Crippen molar-refractivity contribution in [3.05, 3.63) is 40.9 Å². The number of rotatable bonds is 6. The molecule has 2 fully saturated rings. The Bertz CT molecular complexity index is 759. The predicted molar refractivity (Wildman–Crippen MR) is 96.1 cm³/mol. The van der Waals surface area contributed by atoms with Crippen LogP contribution >= 0.6 is 0 Å². The first-order valence-electron chi connectivity index (χ1n) is 9.55. The normalized spacial score (nSPS) is 17.9. The molecule has 4 rings (SSSR count). The number of hydrogen-bond donors (Lipinski definition) is 1. The summed E-state index contributed by atoms with van der Waals surface area (Å²) in [5, 5.41) is 7.25. The van der Waals surface area contributed by atoms with Crippen molar-refractivity contribution in [1.82, 2.24) is 15.5 Å². The van der Waals surface area contributed by atoms with Crippen LogP contribution in [0.5, 0.6) is 5.88 Å². The Morgan fingerprint density at radius 2 is 2.04 bits per heavy atom. The lowest BCUT2D eigenvalue weighted by atomic mass is 9.85. The van der Waals surface area contributed by atoms with E-state index in [1.807, 2.05) is 6.92 Å². The Morgan fingerprint density at radius 1 is 1.23 bits per heavy atom. The minimum atomic E-state index is -0.0685. The summed E-state index contributed by atoms with van der Waals surface area (Å²) in [7, 11) is 0. The summed E-state index contributed by atoms with van der Waals surface area (Å²) in [6.07, 6.45) is 9.86. The highest BCUT2D eigenvalue weighted by molar-refractivity contribution is 5.94. The second-order valence-corrected chi connectivity index (χ2v) is 7.36. The molecule has 2 aliphatic rings. The van der Waals surface area contributed by atoms with Crippen molar-refractivity contribution in [3.63, 3.8) is 0 Å². The van der Waals surface area contributed by atoms with Gasteiger partial charge in [-0.05, 0) is 38.7 Å². The van der Waals surface area contributed by atoms with E-state index in [9.17, 15) is 4.79 Å². The Morgan fingerprint density at radius 3 is 2.73 bits per heavy atom. The van der Waals surface area contributed by atoms with E-state index in [1.165, 1.54) is 32.1 Å². The smallest absolute Gasteiger partial charge is 0.253 e. The van der Waals surface area contributed by atoms with E-state index in [2.05, 4.69) is 15.5 Å². The van der Waals surface area contributed by atoms with Crippen molar-refractivity contribution in [1.29, 1.82) is 0 Å². The molecule has 0 saturated heterocycles. The second-order valence-electron chi connectivity index (χ2n) is 7.36. The number of nitrogens with one attached hydrogen (secondary N) is 1. The van der Waals surface area contributed by atoms with Gasteiger partial charge in [-0.25, -0.2) is 4.98 Å². The van der Waals surface area contributed by atoms with Crippen LogP contribution in [0.2, 0.25) is 0 Å². The van der Waals surface area contributed by atoms with Gasteiger partial charge in [0.25, 0.3) is 5.91 Å². The molecule has 26 heavy (non-hydrogen) atoms. The second kappa shape index (κ2) is 7.48. The number of ether oxygens (including phenoxy) is 1. The molecule has 0 aliphatic heterocycles. The fourth-order valence-corrected chi connectivity index (χ4v) is 3.52. The first-order valence-corrected chi connectivity index (χ1v) is 9.55. The number of aryl methyl sites for hydroxylation is 1. The number of pyridine rings is 1. The van der Waals surface area contributed by atoms with Crippen LogP contribution in [0.1, 0.15) is 78.2 Å². The van der Waals surface area contributed by atoms with Gasteiger partial charge in [-0.15, -0.1) is 0 Å². The van der Waals surface area contributed by atoms with Gasteiger partial charge in [-0.1, -0.05) is 24.4 Å². The molecule has 6 heteroatoms. The molecule has 1 amide bonds. The average Bonchev–Trinajstić information content (AvgIpc) is 3.41. The van der Waals surface area contributed by atoms with Gasteiger partial charge >= 0.3 is 0 Å². The Labute approximate surface area is 153 Å². The van der Waals surface area contributed by atoms with Gasteiger partial charge in [0, 0.05) is 24.2 Å². The zero-order chi connectivity index (χ0) is 17.9. The highest BCUT2D eigenvalue weighted by Crippen LogP contribution is 2.35. The van der Waals surface area contributed by atoms with Crippen LogP contribution in [0.4, 0.5) is 0 Å². The highest BCUT2D eigenvalue weighted by Gasteiger charge is 2.25. The summed E-state index contributed by atoms with van der Waals surface area (Å²) in [5.41, 5.74) is 2.64. The summed E-state index contributed by atoms with van der Waals surface area (Å²) in [5.74, 6) is 1.72. The molecule has 1 N–H and O–H groups in total. The third-order valence-electron chi connectivity index (χ3n) is 5.28. The van der Waals surface area contributed by atoms with E-state index in [1.54, 1.807) is 18.3 Å². The van der Waals surface area contributed by atoms with Crippen molar-refractivity contribution >= 4 is 5.91 Å². The van der Waals surface area contributed by atoms with Crippen LogP contribution in [0.25, 0.3) is 0 Å². The molecule has 0 radical (unpaired) electrons. The van der Waals surface area contributed by atoms with Crippen molar-refractivity contribution in [2.75, 3.05) is 0 Å². The number of amides is 1. The van der Waals surface area contributed by atoms with Gasteiger partial charge in [-0.2, -0.15) is 0 Å². The minimum absolute atomic E-state index is 0.0685. The first kappa shape index (κ1) is 17.1. The molecule has 6 nitrogen and oxygen atoms in total. The molecule has 2 aromatic rings. The van der Waals surface area contributed by atoms with Gasteiger partial charge in [-0.3, -0.25) is 4.79 Å². The molecule has 0 atom stereocenters. The maximum absolute atomic E-state index is 12.0. The quantitative estimate of drug-likeness (QED) is 0.850. The van der Waals surface area contributed by atoms with E-state index >= 15 is 0 Å². The molecule has 0 spiro atoms. The van der Waals surface area contributed by atoms with Crippen LogP contribution in [0, 0.1) is 6.92 Å². The predicted octanol–water partition coefficient (Wildman–Crippen LogP) is 3.90. The maximum atomic E-state index is 12.0. The molecule has 0 bridgehead atoms. The van der Waals surface area contributed by atoms with E-state index in [-0.39, 0.29) is 5.91 Å². The van der Waals surface area contributed by atoms with Crippen LogP contribution in [-0.4, -0.2) is 22.1 Å². The van der Waals surface area contributed by atoms with Gasteiger partial charge in [0.15, 0.2) is 0 Å². The summed E-state index contributed by atoms with van der Waals surface area (Å²) >= 11 is 0. The van der Waals surface area contributed by atoms with Crippen molar-refractivity contribution in [2.45, 2.75) is 70.4 Å². The van der Waals surface area contributed by atoms with Gasteiger partial charge in [0.2, 0.25) is 5.88 Å². The summed E-state index contributed by atoms with van der Waals surface area (Å²) in [6, 6.07) is 3.83. The zero-order valence-electron chi connectivity index (χ0n) is 15.2. The third-order valence-corrected chi connectivity index (χ3v) is 5.28. The fraction of sp³-hybridized carbons (Fsp3) is 0.550. The highest BCUT2D eigenvalue weighted by atomic mass is 16.5. The lowest BCUT2D eigenvalue weighted by molar-refractivity contribution is 0.0950. The summed E-state index contributed by atoms with van der Waals surface area (Å²) in [6.45, 7) is 2.32. The van der Waals surface area contributed by atoms with Gasteiger partial charge < -0.3 is 14.6 Å². The topological polar surface area (TPSA) is 77.2 Å². The maximum Gasteiger partial charge on any atom is 0.253 e. The molecule has 2 aromatic heterocycles. The van der Waals surface area contributed by atoms with Gasteiger partial charge in [0.1, 0.15) is 12.4 Å². The standard InChI is InChI=1S/C20H25N3O3/c1-13-17(19(23-26-13)14-5-3-2-4-6-14)12-25-18-10-7-15(11-21-18)20(24)22-16-8-9-16/h7,10-11,14,16H,2-6,8-9,12H2,1H3,(H,22,24). The average molecular weight is 355 g/mol. The van der Waals surface area contributed by atoms with Crippen LogP contribution in [0.3, 0.4) is 0 Å². The molecule has 0 aromatic carbocycles. The van der Waals surface area contributed by atoms with E-state index in [4.69, 9.17) is 9.26 Å². The van der Waals surface area contributed by atoms with Crippen LogP contribution in [-0.2, 0) is 6.61 Å². The molecular formula is C20H25N3O3. The monoisotopic (exact) mass is 355 g/mol. The van der Waals surface area contributed by atoms with E-state index < -0.39 is 0 Å². The molecule has 138 valence electrons. The third kappa shape index (κ3) is 3.89. The molecule has 0 unspecified atom stereocenters. The van der Waals surface area contributed by atoms with Crippen molar-refractivity contribution in [2.24, 2.45) is 0 Å². The zero-order valence-corrected chi connectivity index (χ0v) is 15.2. The Kier molecular flexibility index (Phi) is 4.91. The molecule has 2 heterocycles. The molecule has 2 saturated carbocycles. The van der Waals surface area contributed by atoms with E-state index in [0.29, 0.717) is 30.0 Å².